The van der Waals surface area contributed by atoms with E-state index in [9.17, 15) is 14.7 Å². The minimum absolute atomic E-state index is 0.00547. The van der Waals surface area contributed by atoms with Gasteiger partial charge < -0.3 is 10.0 Å². The van der Waals surface area contributed by atoms with E-state index >= 15 is 0 Å². The zero-order valence-electron chi connectivity index (χ0n) is 15.0. The van der Waals surface area contributed by atoms with Gasteiger partial charge in [0, 0.05) is 18.9 Å². The normalized spacial score (nSPS) is 25.0. The van der Waals surface area contributed by atoms with Crippen molar-refractivity contribution in [1.82, 2.24) is 14.7 Å². The largest absolute Gasteiger partial charge is 0.465 e. The summed E-state index contributed by atoms with van der Waals surface area (Å²) < 4.78 is 1.90. The molecule has 1 N–H and O–H groups in total. The molecule has 2 aliphatic heterocycles. The fourth-order valence-corrected chi connectivity index (χ4v) is 4.48. The first-order chi connectivity index (χ1) is 13.1. The monoisotopic (exact) mass is 366 g/mol. The van der Waals surface area contributed by atoms with Crippen molar-refractivity contribution in [2.45, 2.75) is 44.3 Å². The molecule has 27 heavy (non-hydrogen) atoms. The Morgan fingerprint density at radius 2 is 1.93 bits per heavy atom. The summed E-state index contributed by atoms with van der Waals surface area (Å²) in [6.45, 7) is 1.49. The molecule has 7 heteroatoms. The maximum absolute atomic E-state index is 12.7. The number of carboxylic acid groups (broad SMARTS) is 1. The van der Waals surface area contributed by atoms with E-state index in [1.807, 2.05) is 22.9 Å². The van der Waals surface area contributed by atoms with Crippen molar-refractivity contribution in [2.75, 3.05) is 11.4 Å². The van der Waals surface area contributed by atoms with E-state index < -0.39 is 6.09 Å². The minimum Gasteiger partial charge on any atom is -0.465 e. The van der Waals surface area contributed by atoms with E-state index in [1.165, 1.54) is 4.90 Å². The standard InChI is InChI=1S/C20H22N4O3/c25-19-8-15(13-4-2-1-3-5-13)10-22(19)16-9-21-24-12-17(14-6-7-14)23(20(26)27)11-18(16)24/h1-5,9,14-15,17H,6-8,10-12H2,(H,26,27). The average molecular weight is 366 g/mol. The summed E-state index contributed by atoms with van der Waals surface area (Å²) in [5, 5.41) is 14.2. The number of benzene rings is 1. The number of carbonyl (C=O) groups excluding carboxylic acids is 1. The van der Waals surface area contributed by atoms with Crippen LogP contribution in [-0.4, -0.2) is 44.4 Å². The van der Waals surface area contributed by atoms with E-state index in [2.05, 4.69) is 17.2 Å². The highest BCUT2D eigenvalue weighted by Gasteiger charge is 2.43. The van der Waals surface area contributed by atoms with Gasteiger partial charge in [-0.2, -0.15) is 5.10 Å². The molecule has 3 heterocycles. The molecule has 2 aromatic rings. The zero-order chi connectivity index (χ0) is 18.5. The molecule has 7 nitrogen and oxygen atoms in total. The van der Waals surface area contributed by atoms with E-state index in [1.54, 1.807) is 11.1 Å². The molecule has 140 valence electrons. The Morgan fingerprint density at radius 3 is 2.63 bits per heavy atom. The van der Waals surface area contributed by atoms with Gasteiger partial charge in [0.25, 0.3) is 0 Å². The molecule has 3 aliphatic rings. The van der Waals surface area contributed by atoms with Gasteiger partial charge in [-0.3, -0.25) is 14.4 Å². The Balaban J connectivity index is 1.43. The van der Waals surface area contributed by atoms with Crippen molar-refractivity contribution in [2.24, 2.45) is 5.92 Å². The molecule has 2 amide bonds. The number of hydrogen-bond acceptors (Lipinski definition) is 3. The summed E-state index contributed by atoms with van der Waals surface area (Å²) >= 11 is 0. The number of rotatable bonds is 3. The summed E-state index contributed by atoms with van der Waals surface area (Å²) in [4.78, 5) is 27.8. The lowest BCUT2D eigenvalue weighted by Gasteiger charge is -2.35. The highest BCUT2D eigenvalue weighted by molar-refractivity contribution is 5.97. The van der Waals surface area contributed by atoms with Crippen LogP contribution in [0, 0.1) is 5.92 Å². The molecule has 1 saturated heterocycles. The van der Waals surface area contributed by atoms with Crippen LogP contribution < -0.4 is 4.90 Å². The van der Waals surface area contributed by atoms with Crippen molar-refractivity contribution in [3.8, 4) is 0 Å². The Morgan fingerprint density at radius 1 is 1.15 bits per heavy atom. The van der Waals surface area contributed by atoms with Gasteiger partial charge in [-0.25, -0.2) is 4.79 Å². The third kappa shape index (κ3) is 2.78. The van der Waals surface area contributed by atoms with Gasteiger partial charge in [0.2, 0.25) is 5.91 Å². The lowest BCUT2D eigenvalue weighted by Crippen LogP contribution is -2.47. The second kappa shape index (κ2) is 6.11. The number of amides is 2. The third-order valence-corrected chi connectivity index (χ3v) is 6.11. The molecule has 1 aromatic carbocycles. The highest BCUT2D eigenvalue weighted by Crippen LogP contribution is 2.41. The van der Waals surface area contributed by atoms with Crippen LogP contribution in [0.25, 0.3) is 0 Å². The molecule has 0 radical (unpaired) electrons. The summed E-state index contributed by atoms with van der Waals surface area (Å²) in [5.41, 5.74) is 2.76. The maximum atomic E-state index is 12.7. The quantitative estimate of drug-likeness (QED) is 0.906. The van der Waals surface area contributed by atoms with Crippen LogP contribution in [0.15, 0.2) is 36.5 Å². The van der Waals surface area contributed by atoms with Crippen molar-refractivity contribution in [3.63, 3.8) is 0 Å². The van der Waals surface area contributed by atoms with Crippen LogP contribution in [-0.2, 0) is 17.9 Å². The zero-order valence-corrected chi connectivity index (χ0v) is 15.0. The first-order valence-corrected chi connectivity index (χ1v) is 9.51. The Hall–Kier alpha value is -2.83. The summed E-state index contributed by atoms with van der Waals surface area (Å²) in [6.07, 6.45) is 3.49. The molecular weight excluding hydrogens is 344 g/mol. The van der Waals surface area contributed by atoms with Gasteiger partial charge >= 0.3 is 6.09 Å². The predicted octanol–water partition coefficient (Wildman–Crippen LogP) is 2.68. The number of fused-ring (bicyclic) bond motifs is 1. The fraction of sp³-hybridized carbons (Fsp3) is 0.450. The summed E-state index contributed by atoms with van der Waals surface area (Å²) in [6, 6.07) is 10.1. The Labute approximate surface area is 157 Å². The summed E-state index contributed by atoms with van der Waals surface area (Å²) in [7, 11) is 0. The van der Waals surface area contributed by atoms with E-state index in [0.717, 1.165) is 29.8 Å². The molecule has 0 bridgehead atoms. The first kappa shape index (κ1) is 16.4. The number of anilines is 1. The van der Waals surface area contributed by atoms with Gasteiger partial charge in [0.15, 0.2) is 0 Å². The second-order valence-electron chi connectivity index (χ2n) is 7.79. The number of carbonyl (C=O) groups is 2. The lowest BCUT2D eigenvalue weighted by atomic mass is 9.98. The number of aromatic nitrogens is 2. The fourth-order valence-electron chi connectivity index (χ4n) is 4.48. The average Bonchev–Trinajstić information content (AvgIpc) is 3.34. The third-order valence-electron chi connectivity index (χ3n) is 6.11. The van der Waals surface area contributed by atoms with Gasteiger partial charge in [-0.15, -0.1) is 0 Å². The van der Waals surface area contributed by atoms with Gasteiger partial charge in [-0.05, 0) is 24.3 Å². The second-order valence-corrected chi connectivity index (χ2v) is 7.79. The van der Waals surface area contributed by atoms with Gasteiger partial charge in [0.05, 0.1) is 36.7 Å². The van der Waals surface area contributed by atoms with E-state index in [0.29, 0.717) is 32.0 Å². The van der Waals surface area contributed by atoms with Crippen molar-refractivity contribution < 1.29 is 14.7 Å². The van der Waals surface area contributed by atoms with Gasteiger partial charge in [0.1, 0.15) is 0 Å². The van der Waals surface area contributed by atoms with Crippen LogP contribution in [0.1, 0.15) is 36.4 Å². The smallest absolute Gasteiger partial charge is 0.407 e. The van der Waals surface area contributed by atoms with Crippen LogP contribution in [0.5, 0.6) is 0 Å². The van der Waals surface area contributed by atoms with Crippen molar-refractivity contribution in [1.29, 1.82) is 0 Å². The lowest BCUT2D eigenvalue weighted by molar-refractivity contribution is -0.117. The van der Waals surface area contributed by atoms with Crippen LogP contribution in [0.3, 0.4) is 0 Å². The molecule has 2 atom stereocenters. The van der Waals surface area contributed by atoms with Crippen LogP contribution >= 0.6 is 0 Å². The number of nitrogens with zero attached hydrogens (tertiary/aromatic N) is 4. The van der Waals surface area contributed by atoms with Crippen molar-refractivity contribution >= 4 is 17.7 Å². The molecule has 2 fully saturated rings. The Bertz CT molecular complexity index is 890. The molecule has 1 saturated carbocycles. The van der Waals surface area contributed by atoms with Gasteiger partial charge in [-0.1, -0.05) is 30.3 Å². The predicted molar refractivity (Wildman–Crippen MR) is 98.5 cm³/mol. The Kier molecular flexibility index (Phi) is 3.70. The molecule has 1 aliphatic carbocycles. The first-order valence-electron chi connectivity index (χ1n) is 9.51. The van der Waals surface area contributed by atoms with E-state index in [4.69, 9.17) is 0 Å². The molecule has 5 rings (SSSR count). The SMILES string of the molecule is O=C1CC(c2ccccc2)CN1c1cnn2c1CN(C(=O)O)C(C1CC1)C2. The minimum atomic E-state index is -0.889. The molecule has 2 unspecified atom stereocenters. The maximum Gasteiger partial charge on any atom is 0.407 e. The summed E-state index contributed by atoms with van der Waals surface area (Å²) in [5.74, 6) is 0.677. The van der Waals surface area contributed by atoms with Crippen LogP contribution in [0.2, 0.25) is 0 Å². The number of hydrogen-bond donors (Lipinski definition) is 1. The highest BCUT2D eigenvalue weighted by atomic mass is 16.4. The van der Waals surface area contributed by atoms with E-state index in [-0.39, 0.29) is 17.9 Å². The van der Waals surface area contributed by atoms with Crippen LogP contribution in [0.4, 0.5) is 10.5 Å². The topological polar surface area (TPSA) is 78.7 Å². The van der Waals surface area contributed by atoms with Crippen molar-refractivity contribution in [3.05, 3.63) is 47.8 Å². The molecule has 1 aromatic heterocycles. The molecule has 0 spiro atoms. The molecular formula is C20H22N4O3.